The Balaban J connectivity index is 2.26. The zero-order chi connectivity index (χ0) is 11.8. The van der Waals surface area contributed by atoms with Crippen molar-refractivity contribution in [3.05, 3.63) is 29.8 Å². The van der Waals surface area contributed by atoms with E-state index in [4.69, 9.17) is 9.47 Å². The molecular formula is C13H21NO2. The van der Waals surface area contributed by atoms with Crippen LogP contribution in [0.15, 0.2) is 24.3 Å². The first-order valence-electron chi connectivity index (χ1n) is 5.62. The summed E-state index contributed by atoms with van der Waals surface area (Å²) in [6.45, 7) is 3.90. The molecule has 0 fully saturated rings. The van der Waals surface area contributed by atoms with Gasteiger partial charge >= 0.3 is 0 Å². The average Bonchev–Trinajstić information content (AvgIpc) is 2.34. The normalized spacial score (nSPS) is 12.4. The summed E-state index contributed by atoms with van der Waals surface area (Å²) in [5, 5.41) is 3.36. The van der Waals surface area contributed by atoms with Gasteiger partial charge in [-0.2, -0.15) is 0 Å². The lowest BCUT2D eigenvalue weighted by atomic mass is 10.1. The van der Waals surface area contributed by atoms with Gasteiger partial charge in [0.15, 0.2) is 0 Å². The highest BCUT2D eigenvalue weighted by Gasteiger charge is 1.99. The zero-order valence-electron chi connectivity index (χ0n) is 10.3. The van der Waals surface area contributed by atoms with E-state index in [1.54, 1.807) is 14.2 Å². The smallest absolute Gasteiger partial charge is 0.119 e. The zero-order valence-corrected chi connectivity index (χ0v) is 10.3. The van der Waals surface area contributed by atoms with E-state index in [9.17, 15) is 0 Å². The summed E-state index contributed by atoms with van der Waals surface area (Å²) in [6, 6.07) is 8.17. The largest absolute Gasteiger partial charge is 0.497 e. The Kier molecular flexibility index (Phi) is 5.90. The number of methoxy groups -OCH3 is 2. The highest BCUT2D eigenvalue weighted by Crippen LogP contribution is 2.12. The van der Waals surface area contributed by atoms with Crippen LogP contribution in [0.3, 0.4) is 0 Å². The first-order valence-corrected chi connectivity index (χ1v) is 5.62. The van der Waals surface area contributed by atoms with Crippen molar-refractivity contribution in [3.8, 4) is 5.75 Å². The van der Waals surface area contributed by atoms with E-state index < -0.39 is 0 Å². The van der Waals surface area contributed by atoms with E-state index in [0.29, 0.717) is 0 Å². The molecule has 0 amide bonds. The van der Waals surface area contributed by atoms with Crippen LogP contribution in [0, 0.1) is 0 Å². The van der Waals surface area contributed by atoms with Crippen LogP contribution in [-0.4, -0.2) is 33.4 Å². The van der Waals surface area contributed by atoms with E-state index in [0.717, 1.165) is 25.3 Å². The Hall–Kier alpha value is -1.06. The van der Waals surface area contributed by atoms with Crippen LogP contribution in [-0.2, 0) is 11.2 Å². The molecule has 3 nitrogen and oxygen atoms in total. The molecule has 0 aliphatic carbocycles. The highest BCUT2D eigenvalue weighted by atomic mass is 16.5. The summed E-state index contributed by atoms with van der Waals surface area (Å²) in [6.07, 6.45) is 1.28. The Morgan fingerprint density at radius 2 is 2.12 bits per heavy atom. The second-order valence-electron chi connectivity index (χ2n) is 3.85. The van der Waals surface area contributed by atoms with Gasteiger partial charge in [0.05, 0.1) is 13.2 Å². The molecule has 0 aromatic heterocycles. The molecule has 0 bridgehead atoms. The minimum absolute atomic E-state index is 0.269. The maximum absolute atomic E-state index is 5.18. The second kappa shape index (κ2) is 7.25. The average molecular weight is 223 g/mol. The highest BCUT2D eigenvalue weighted by molar-refractivity contribution is 5.28. The number of benzene rings is 1. The van der Waals surface area contributed by atoms with Crippen molar-refractivity contribution in [2.24, 2.45) is 0 Å². The fraction of sp³-hybridized carbons (Fsp3) is 0.538. The minimum Gasteiger partial charge on any atom is -0.497 e. The SMILES string of the molecule is COc1cccc(CCNCC(C)OC)c1. The molecule has 90 valence electrons. The summed E-state index contributed by atoms with van der Waals surface area (Å²) in [5.41, 5.74) is 1.29. The minimum atomic E-state index is 0.269. The van der Waals surface area contributed by atoms with Gasteiger partial charge in [0.2, 0.25) is 0 Å². The van der Waals surface area contributed by atoms with Crippen molar-refractivity contribution in [3.63, 3.8) is 0 Å². The maximum Gasteiger partial charge on any atom is 0.119 e. The number of hydrogen-bond acceptors (Lipinski definition) is 3. The third-order valence-electron chi connectivity index (χ3n) is 2.56. The molecule has 1 N–H and O–H groups in total. The monoisotopic (exact) mass is 223 g/mol. The van der Waals surface area contributed by atoms with Crippen LogP contribution in [0.1, 0.15) is 12.5 Å². The molecule has 0 radical (unpaired) electrons. The van der Waals surface area contributed by atoms with Gasteiger partial charge in [0.25, 0.3) is 0 Å². The number of hydrogen-bond donors (Lipinski definition) is 1. The summed E-state index contributed by atoms with van der Waals surface area (Å²) < 4.78 is 10.3. The quantitative estimate of drug-likeness (QED) is 0.716. The van der Waals surface area contributed by atoms with Crippen molar-refractivity contribution < 1.29 is 9.47 Å². The van der Waals surface area contributed by atoms with Crippen LogP contribution in [0.2, 0.25) is 0 Å². The Morgan fingerprint density at radius 1 is 1.31 bits per heavy atom. The van der Waals surface area contributed by atoms with E-state index in [1.807, 2.05) is 12.1 Å². The molecular weight excluding hydrogens is 202 g/mol. The van der Waals surface area contributed by atoms with Crippen molar-refractivity contribution in [1.29, 1.82) is 0 Å². The lowest BCUT2D eigenvalue weighted by Gasteiger charge is -2.10. The van der Waals surface area contributed by atoms with Crippen LogP contribution in [0.5, 0.6) is 5.75 Å². The van der Waals surface area contributed by atoms with E-state index in [1.165, 1.54) is 5.56 Å². The van der Waals surface area contributed by atoms with Gasteiger partial charge in [0, 0.05) is 13.7 Å². The molecule has 0 spiro atoms. The van der Waals surface area contributed by atoms with Crippen LogP contribution >= 0.6 is 0 Å². The summed E-state index contributed by atoms with van der Waals surface area (Å²) in [5.74, 6) is 0.919. The maximum atomic E-state index is 5.18. The molecule has 1 aromatic carbocycles. The Labute approximate surface area is 97.8 Å². The Bertz CT molecular complexity index is 302. The molecule has 1 unspecified atom stereocenters. The summed E-state index contributed by atoms with van der Waals surface area (Å²) in [7, 11) is 3.42. The van der Waals surface area contributed by atoms with Gasteiger partial charge in [0.1, 0.15) is 5.75 Å². The molecule has 0 saturated heterocycles. The molecule has 0 saturated carbocycles. The molecule has 1 atom stereocenters. The predicted molar refractivity (Wildman–Crippen MR) is 66.0 cm³/mol. The van der Waals surface area contributed by atoms with E-state index >= 15 is 0 Å². The second-order valence-corrected chi connectivity index (χ2v) is 3.85. The van der Waals surface area contributed by atoms with Crippen LogP contribution < -0.4 is 10.1 Å². The number of nitrogens with one attached hydrogen (secondary N) is 1. The molecule has 0 heterocycles. The first kappa shape index (κ1) is 13.0. The lowest BCUT2D eigenvalue weighted by Crippen LogP contribution is -2.27. The number of ether oxygens (including phenoxy) is 2. The number of rotatable bonds is 7. The van der Waals surface area contributed by atoms with Gasteiger partial charge in [-0.25, -0.2) is 0 Å². The van der Waals surface area contributed by atoms with Gasteiger partial charge in [-0.3, -0.25) is 0 Å². The van der Waals surface area contributed by atoms with Crippen LogP contribution in [0.4, 0.5) is 0 Å². The van der Waals surface area contributed by atoms with Crippen molar-refractivity contribution >= 4 is 0 Å². The predicted octanol–water partition coefficient (Wildman–Crippen LogP) is 1.86. The van der Waals surface area contributed by atoms with E-state index in [2.05, 4.69) is 24.4 Å². The van der Waals surface area contributed by atoms with Crippen molar-refractivity contribution in [2.45, 2.75) is 19.4 Å². The first-order chi connectivity index (χ1) is 7.76. The standard InChI is InChI=1S/C13H21NO2/c1-11(15-2)10-14-8-7-12-5-4-6-13(9-12)16-3/h4-6,9,11,14H,7-8,10H2,1-3H3. The molecule has 0 aliphatic rings. The fourth-order valence-corrected chi connectivity index (χ4v) is 1.45. The van der Waals surface area contributed by atoms with Gasteiger partial charge < -0.3 is 14.8 Å². The van der Waals surface area contributed by atoms with Gasteiger partial charge in [-0.15, -0.1) is 0 Å². The molecule has 16 heavy (non-hydrogen) atoms. The molecule has 3 heteroatoms. The fourth-order valence-electron chi connectivity index (χ4n) is 1.45. The lowest BCUT2D eigenvalue weighted by molar-refractivity contribution is 0.117. The Morgan fingerprint density at radius 3 is 2.81 bits per heavy atom. The molecule has 1 rings (SSSR count). The molecule has 1 aromatic rings. The van der Waals surface area contributed by atoms with Crippen molar-refractivity contribution in [2.75, 3.05) is 27.3 Å². The van der Waals surface area contributed by atoms with Crippen molar-refractivity contribution in [1.82, 2.24) is 5.32 Å². The third-order valence-corrected chi connectivity index (χ3v) is 2.56. The third kappa shape index (κ3) is 4.64. The van der Waals surface area contributed by atoms with Crippen LogP contribution in [0.25, 0.3) is 0 Å². The summed E-state index contributed by atoms with van der Waals surface area (Å²) >= 11 is 0. The molecule has 0 aliphatic heterocycles. The topological polar surface area (TPSA) is 30.5 Å². The summed E-state index contributed by atoms with van der Waals surface area (Å²) in [4.78, 5) is 0. The van der Waals surface area contributed by atoms with E-state index in [-0.39, 0.29) is 6.10 Å². The van der Waals surface area contributed by atoms with Gasteiger partial charge in [-0.05, 0) is 37.6 Å². The van der Waals surface area contributed by atoms with Gasteiger partial charge in [-0.1, -0.05) is 12.1 Å².